The number of aromatic hydroxyl groups is 1. The van der Waals surface area contributed by atoms with Crippen LogP contribution < -0.4 is 10.6 Å². The van der Waals surface area contributed by atoms with Crippen LogP contribution in [0.5, 0.6) is 5.75 Å². The third-order valence-electron chi connectivity index (χ3n) is 10.4. The minimum atomic E-state index is -1.44. The molecule has 2 aliphatic rings. The van der Waals surface area contributed by atoms with E-state index in [2.05, 4.69) is 34.7 Å². The molecule has 0 radical (unpaired) electrons. The second-order valence-electron chi connectivity index (χ2n) is 15.7. The summed E-state index contributed by atoms with van der Waals surface area (Å²) in [6.45, 7) is 5.35. The van der Waals surface area contributed by atoms with Gasteiger partial charge in [-0.05, 0) is 96.6 Å². The number of ether oxygens (including phenoxy) is 2. The Morgan fingerprint density at radius 3 is 2.43 bits per heavy atom. The molecule has 0 aromatic heterocycles. The molecule has 1 aromatic carbocycles. The number of allylic oxidation sites excluding steroid dienone is 2. The van der Waals surface area contributed by atoms with E-state index in [-0.39, 0.29) is 56.5 Å². The van der Waals surface area contributed by atoms with Gasteiger partial charge in [-0.3, -0.25) is 29.6 Å². The van der Waals surface area contributed by atoms with Crippen molar-refractivity contribution in [2.24, 2.45) is 4.99 Å². The number of hydrogen-bond acceptors (Lipinski definition) is 11. The lowest BCUT2D eigenvalue weighted by molar-refractivity contribution is -0.167. The number of hydrogen-bond donors (Lipinski definition) is 5. The van der Waals surface area contributed by atoms with Gasteiger partial charge in [-0.1, -0.05) is 69.7 Å². The third-order valence-corrected chi connectivity index (χ3v) is 10.4. The maximum atomic E-state index is 13.6. The molecule has 0 aliphatic carbocycles. The maximum Gasteiger partial charge on any atom is 0.328 e. The summed E-state index contributed by atoms with van der Waals surface area (Å²) in [5.74, 6) is -2.94. The molecule has 2 aliphatic heterocycles. The van der Waals surface area contributed by atoms with Gasteiger partial charge in [0.15, 0.2) is 5.54 Å². The van der Waals surface area contributed by atoms with Crippen molar-refractivity contribution in [1.82, 2.24) is 20.8 Å². The highest BCUT2D eigenvalue weighted by atomic mass is 16.5. The zero-order chi connectivity index (χ0) is 42.3. The maximum absolute atomic E-state index is 13.6. The first kappa shape index (κ1) is 47.9. The first-order valence-electron chi connectivity index (χ1n) is 21.3. The van der Waals surface area contributed by atoms with Gasteiger partial charge >= 0.3 is 5.97 Å². The van der Waals surface area contributed by atoms with Crippen LogP contribution in [-0.4, -0.2) is 105 Å². The molecule has 15 heteroatoms. The number of aliphatic imine (C=N–C) groups is 1. The number of hydroxylamine groups is 4. The van der Waals surface area contributed by atoms with Crippen LogP contribution in [0.3, 0.4) is 0 Å². The van der Waals surface area contributed by atoms with Crippen LogP contribution in [0.2, 0.25) is 0 Å². The first-order valence-corrected chi connectivity index (χ1v) is 21.3. The summed E-state index contributed by atoms with van der Waals surface area (Å²) < 4.78 is 11.3. The van der Waals surface area contributed by atoms with Crippen LogP contribution in [0.4, 0.5) is 0 Å². The summed E-state index contributed by atoms with van der Waals surface area (Å²) in [6.07, 6.45) is 18.2. The molecular formula is C43H67N5O10. The molecule has 1 saturated heterocycles. The molecule has 324 valence electrons. The predicted molar refractivity (Wildman–Crippen MR) is 218 cm³/mol. The van der Waals surface area contributed by atoms with E-state index in [1.807, 2.05) is 0 Å². The van der Waals surface area contributed by atoms with Crippen LogP contribution in [-0.2, 0) is 33.4 Å². The molecule has 0 spiro atoms. The number of nitrogens with one attached hydrogen (secondary N) is 2. The molecule has 0 unspecified atom stereocenters. The van der Waals surface area contributed by atoms with E-state index >= 15 is 0 Å². The summed E-state index contributed by atoms with van der Waals surface area (Å²) in [4.78, 5) is 69.3. The number of amides is 4. The molecule has 1 fully saturated rings. The van der Waals surface area contributed by atoms with E-state index < -0.39 is 47.4 Å². The molecule has 5 N–H and O–H groups in total. The molecule has 0 bridgehead atoms. The van der Waals surface area contributed by atoms with E-state index in [9.17, 15) is 39.5 Å². The number of carbonyl (C=O) groups excluding carboxylic acids is 5. The van der Waals surface area contributed by atoms with Gasteiger partial charge in [0.05, 0.1) is 12.0 Å². The van der Waals surface area contributed by atoms with Gasteiger partial charge in [-0.2, -0.15) is 0 Å². The number of phenols is 1. The summed E-state index contributed by atoms with van der Waals surface area (Å²) in [7, 11) is 0. The fourth-order valence-electron chi connectivity index (χ4n) is 6.82. The second-order valence-corrected chi connectivity index (χ2v) is 15.7. The van der Waals surface area contributed by atoms with E-state index in [4.69, 9.17) is 9.47 Å². The van der Waals surface area contributed by atoms with Crippen molar-refractivity contribution in [2.45, 2.75) is 166 Å². The predicted octanol–water partition coefficient (Wildman–Crippen LogP) is 6.27. The number of esters is 1. The SMILES string of the molecule is CCCCCCCCC=CCCCCCC(=O)N(O)CCCC[C@@H](NC(=O)[C@@]1(C)COC(c2ccccc2O)=N1)C(=O)O[C@H](C)CC(=O)N[C@@H]1CCCCN(O)C1=O. The molecule has 4 atom stereocenters. The van der Waals surface area contributed by atoms with Crippen molar-refractivity contribution in [1.29, 1.82) is 0 Å². The Hall–Kier alpha value is -4.50. The summed E-state index contributed by atoms with van der Waals surface area (Å²) in [6, 6.07) is 4.35. The van der Waals surface area contributed by atoms with Crippen molar-refractivity contribution < 1.29 is 49.0 Å². The summed E-state index contributed by atoms with van der Waals surface area (Å²) in [5.41, 5.74) is -1.13. The fourth-order valence-corrected chi connectivity index (χ4v) is 6.82. The van der Waals surface area contributed by atoms with Gasteiger partial charge < -0.3 is 25.2 Å². The molecule has 3 rings (SSSR count). The average molecular weight is 814 g/mol. The van der Waals surface area contributed by atoms with E-state index in [0.717, 1.165) is 25.7 Å². The Labute approximate surface area is 343 Å². The Balaban J connectivity index is 1.49. The van der Waals surface area contributed by atoms with Gasteiger partial charge in [0.25, 0.3) is 11.8 Å². The number of carbonyl (C=O) groups is 5. The summed E-state index contributed by atoms with van der Waals surface area (Å²) in [5, 5.41) is 37.2. The minimum absolute atomic E-state index is 0.0389. The van der Waals surface area contributed by atoms with E-state index in [1.54, 1.807) is 18.2 Å². The molecule has 1 aromatic rings. The lowest BCUT2D eigenvalue weighted by Crippen LogP contribution is -2.52. The fraction of sp³-hybridized carbons (Fsp3) is 0.674. The van der Waals surface area contributed by atoms with Crippen LogP contribution in [0.25, 0.3) is 0 Å². The highest BCUT2D eigenvalue weighted by Gasteiger charge is 2.42. The normalized spacial score (nSPS) is 19.2. The Bertz CT molecular complexity index is 1540. The zero-order valence-corrected chi connectivity index (χ0v) is 34.8. The smallest absolute Gasteiger partial charge is 0.328 e. The van der Waals surface area contributed by atoms with Gasteiger partial charge in [0, 0.05) is 19.5 Å². The first-order chi connectivity index (χ1) is 27.8. The second kappa shape index (κ2) is 25.8. The monoisotopic (exact) mass is 813 g/mol. The lowest BCUT2D eigenvalue weighted by Gasteiger charge is -2.25. The van der Waals surface area contributed by atoms with Crippen LogP contribution in [0, 0.1) is 0 Å². The van der Waals surface area contributed by atoms with Crippen molar-refractivity contribution >= 4 is 35.5 Å². The van der Waals surface area contributed by atoms with Crippen LogP contribution in [0.15, 0.2) is 41.4 Å². The molecule has 2 heterocycles. The van der Waals surface area contributed by atoms with E-state index in [0.29, 0.717) is 54.2 Å². The number of nitrogens with zero attached hydrogens (tertiary/aromatic N) is 3. The van der Waals surface area contributed by atoms with E-state index in [1.165, 1.54) is 58.4 Å². The standard InChI is InChI=1S/C43H67N5O10/c1-4-5-6-7-8-9-10-11-12-13-14-15-16-27-38(51)47(55)28-21-20-25-35(45-42(54)43(3)31-57-39(46-43)33-23-17-18-26-36(33)49)41(53)58-32(2)30-37(50)44-34-24-19-22-29-48(56)40(34)52/h11-12,17-18,23,26,32,34-35,49,55-56H,4-10,13-16,19-22,24-25,27-31H2,1-3H3,(H,44,50)(H,45,54)/t32-,34-,35-,43-/m1/s1. The lowest BCUT2D eigenvalue weighted by atomic mass is 10.0. The van der Waals surface area contributed by atoms with Crippen molar-refractivity contribution in [2.75, 3.05) is 19.7 Å². The van der Waals surface area contributed by atoms with Crippen LogP contribution >= 0.6 is 0 Å². The number of benzene rings is 1. The average Bonchev–Trinajstić information content (AvgIpc) is 3.53. The molecule has 4 amide bonds. The number of unbranched alkanes of at least 4 members (excludes halogenated alkanes) is 10. The Morgan fingerprint density at radius 2 is 1.71 bits per heavy atom. The molecule has 0 saturated carbocycles. The van der Waals surface area contributed by atoms with Crippen LogP contribution in [0.1, 0.15) is 148 Å². The van der Waals surface area contributed by atoms with Gasteiger partial charge in [-0.15, -0.1) is 0 Å². The van der Waals surface area contributed by atoms with Gasteiger partial charge in [0.1, 0.15) is 30.5 Å². The Morgan fingerprint density at radius 1 is 1.02 bits per heavy atom. The summed E-state index contributed by atoms with van der Waals surface area (Å²) >= 11 is 0. The van der Waals surface area contributed by atoms with Crippen molar-refractivity contribution in [3.63, 3.8) is 0 Å². The highest BCUT2D eigenvalue weighted by Crippen LogP contribution is 2.26. The van der Waals surface area contributed by atoms with Gasteiger partial charge in [0.2, 0.25) is 17.7 Å². The number of rotatable bonds is 26. The largest absolute Gasteiger partial charge is 0.507 e. The van der Waals surface area contributed by atoms with Gasteiger partial charge in [-0.25, -0.2) is 19.9 Å². The Kier molecular flexibility index (Phi) is 21.3. The highest BCUT2D eigenvalue weighted by molar-refractivity contribution is 6.02. The van der Waals surface area contributed by atoms with Crippen molar-refractivity contribution in [3.05, 3.63) is 42.0 Å². The quantitative estimate of drug-likeness (QED) is 0.0233. The zero-order valence-electron chi connectivity index (χ0n) is 34.8. The molecule has 15 nitrogen and oxygen atoms in total. The number of phenolic OH excluding ortho intramolecular Hbond substituents is 1. The molecule has 58 heavy (non-hydrogen) atoms. The topological polar surface area (TPSA) is 207 Å². The molecular weight excluding hydrogens is 746 g/mol. The van der Waals surface area contributed by atoms with Crippen molar-refractivity contribution in [3.8, 4) is 5.75 Å². The number of para-hydroxylation sites is 1. The minimum Gasteiger partial charge on any atom is -0.507 e. The third kappa shape index (κ3) is 16.8.